The van der Waals surface area contributed by atoms with Crippen molar-refractivity contribution in [2.24, 2.45) is 5.16 Å². The largest absolute Gasteiger partial charge is 0.506 e. The van der Waals surface area contributed by atoms with Crippen molar-refractivity contribution in [1.29, 1.82) is 0 Å². The summed E-state index contributed by atoms with van der Waals surface area (Å²) in [5.74, 6) is -0.710. The molecule has 8 heteroatoms. The molecule has 2 heterocycles. The highest BCUT2D eigenvalue weighted by Crippen LogP contribution is 2.33. The van der Waals surface area contributed by atoms with Crippen LogP contribution in [0.4, 0.5) is 0 Å². The minimum atomic E-state index is -0.501. The van der Waals surface area contributed by atoms with Gasteiger partial charge >= 0.3 is 5.97 Å². The average Bonchev–Trinajstić information content (AvgIpc) is 2.80. The summed E-state index contributed by atoms with van der Waals surface area (Å²) in [6.07, 6.45) is 13.3. The summed E-state index contributed by atoms with van der Waals surface area (Å²) in [6, 6.07) is 1.45. The molecule has 1 fully saturated rings. The number of fused-ring (bicyclic) bond motifs is 1. The van der Waals surface area contributed by atoms with Gasteiger partial charge in [0, 0.05) is 19.5 Å². The second-order valence-corrected chi connectivity index (χ2v) is 8.61. The minimum absolute atomic E-state index is 0.0741. The van der Waals surface area contributed by atoms with Crippen molar-refractivity contribution in [1.82, 2.24) is 4.90 Å². The van der Waals surface area contributed by atoms with E-state index in [2.05, 4.69) is 5.16 Å². The molecule has 3 rings (SSSR count). The van der Waals surface area contributed by atoms with Crippen LogP contribution in [0.5, 0.6) is 5.75 Å². The molecule has 0 saturated carbocycles. The Morgan fingerprint density at radius 2 is 1.91 bits per heavy atom. The number of likely N-dealkylation sites (tertiary alicyclic amines) is 1. The Balaban J connectivity index is 1.86. The zero-order valence-electron chi connectivity index (χ0n) is 19.0. The number of aromatic hydroxyl groups is 1. The summed E-state index contributed by atoms with van der Waals surface area (Å²) < 4.78 is 5.43. The second-order valence-electron chi connectivity index (χ2n) is 8.23. The molecule has 0 radical (unpaired) electrons. The van der Waals surface area contributed by atoms with E-state index in [1.54, 1.807) is 17.9 Å². The number of hydrogen-bond acceptors (Lipinski definition) is 6. The number of phenols is 1. The van der Waals surface area contributed by atoms with Gasteiger partial charge in [0.2, 0.25) is 0 Å². The number of ether oxygens (including phenoxy) is 1. The van der Waals surface area contributed by atoms with Gasteiger partial charge in [-0.15, -0.1) is 0 Å². The smallest absolute Gasteiger partial charge is 0.338 e. The third kappa shape index (κ3) is 7.09. The van der Waals surface area contributed by atoms with Crippen LogP contribution < -0.4 is 0 Å². The van der Waals surface area contributed by atoms with Gasteiger partial charge in [-0.25, -0.2) is 4.79 Å². The molecule has 0 bridgehead atoms. The van der Waals surface area contributed by atoms with Gasteiger partial charge in [-0.1, -0.05) is 35.0 Å². The number of amides is 1. The lowest BCUT2D eigenvalue weighted by atomic mass is 9.96. The van der Waals surface area contributed by atoms with Crippen LogP contribution in [0.1, 0.15) is 60.0 Å². The van der Waals surface area contributed by atoms with Gasteiger partial charge in [-0.05, 0) is 68.7 Å². The van der Waals surface area contributed by atoms with Crippen LogP contribution in [0.15, 0.2) is 35.5 Å². The zero-order valence-corrected chi connectivity index (χ0v) is 19.8. The van der Waals surface area contributed by atoms with Gasteiger partial charge in [0.15, 0.2) is 6.61 Å². The molecule has 1 saturated heterocycles. The van der Waals surface area contributed by atoms with Crippen molar-refractivity contribution in [3.63, 3.8) is 0 Å². The Hall–Kier alpha value is -2.80. The van der Waals surface area contributed by atoms with E-state index in [0.717, 1.165) is 45.2 Å². The first-order valence-corrected chi connectivity index (χ1v) is 11.8. The highest BCUT2D eigenvalue weighted by molar-refractivity contribution is 6.33. The van der Waals surface area contributed by atoms with Crippen molar-refractivity contribution in [3.05, 3.63) is 52.1 Å². The third-order valence-corrected chi connectivity index (χ3v) is 6.10. The molecule has 0 aromatic heterocycles. The molecule has 1 aromatic rings. The fraction of sp³-hybridized carbons (Fsp3) is 0.480. The van der Waals surface area contributed by atoms with Crippen LogP contribution in [0.25, 0.3) is 0 Å². The number of oxime groups is 1. The SMILES string of the molecule is Cc1cc(O)c(Cl)c2c1C(=O)OCC/C=C/CC/C=C/C(=NOCC(=O)N1CCCCC1)C2. The fourth-order valence-corrected chi connectivity index (χ4v) is 4.16. The highest BCUT2D eigenvalue weighted by atomic mass is 35.5. The molecule has 0 spiro atoms. The van der Waals surface area contributed by atoms with Crippen LogP contribution >= 0.6 is 11.6 Å². The lowest BCUT2D eigenvalue weighted by molar-refractivity contribution is -0.137. The zero-order chi connectivity index (χ0) is 23.6. The maximum Gasteiger partial charge on any atom is 0.338 e. The predicted molar refractivity (Wildman–Crippen MR) is 128 cm³/mol. The van der Waals surface area contributed by atoms with Gasteiger partial charge in [-0.3, -0.25) is 4.79 Å². The standard InChI is InChI=1S/C25H31ClN2O5/c1-18-15-21(29)24(26)20-16-19(27-33-17-22(30)28-12-8-6-9-13-28)11-7-4-2-3-5-10-14-32-25(31)23(18)20/h3,5,7,11,15,29H,2,4,6,8-10,12-14,16-17H2,1H3/b5-3+,11-7+,27-19?. The molecule has 178 valence electrons. The molecule has 0 atom stereocenters. The molecule has 1 aromatic carbocycles. The Labute approximate surface area is 199 Å². The minimum Gasteiger partial charge on any atom is -0.506 e. The number of aryl methyl sites for hydroxylation is 1. The number of hydrogen-bond donors (Lipinski definition) is 1. The molecule has 7 nitrogen and oxygen atoms in total. The van der Waals surface area contributed by atoms with Crippen molar-refractivity contribution in [2.75, 3.05) is 26.3 Å². The van der Waals surface area contributed by atoms with Gasteiger partial charge < -0.3 is 19.6 Å². The van der Waals surface area contributed by atoms with E-state index in [4.69, 9.17) is 21.2 Å². The molecular formula is C25H31ClN2O5. The molecule has 0 unspecified atom stereocenters. The Bertz CT molecular complexity index is 949. The number of phenolic OH excluding ortho intramolecular Hbond substituents is 1. The number of carbonyl (C=O) groups excluding carboxylic acids is 2. The van der Waals surface area contributed by atoms with Crippen molar-refractivity contribution in [3.8, 4) is 5.75 Å². The first kappa shape index (κ1) is 24.8. The summed E-state index contributed by atoms with van der Waals surface area (Å²) in [6.45, 7) is 3.32. The number of benzene rings is 1. The number of rotatable bonds is 3. The third-order valence-electron chi connectivity index (χ3n) is 5.67. The van der Waals surface area contributed by atoms with E-state index in [-0.39, 0.29) is 36.3 Å². The molecule has 1 amide bonds. The molecule has 1 N–H and O–H groups in total. The van der Waals surface area contributed by atoms with Crippen molar-refractivity contribution >= 4 is 29.2 Å². The second kappa shape index (κ2) is 12.4. The topological polar surface area (TPSA) is 88.4 Å². The molecule has 2 aliphatic rings. The highest BCUT2D eigenvalue weighted by Gasteiger charge is 2.23. The van der Waals surface area contributed by atoms with E-state index in [0.29, 0.717) is 28.8 Å². The Kier molecular flexibility index (Phi) is 9.36. The van der Waals surface area contributed by atoms with Crippen LogP contribution in [0.2, 0.25) is 5.02 Å². The summed E-state index contributed by atoms with van der Waals surface area (Å²) in [7, 11) is 0. The van der Waals surface area contributed by atoms with E-state index >= 15 is 0 Å². The maximum absolute atomic E-state index is 12.8. The normalized spacial score (nSPS) is 21.0. The maximum atomic E-state index is 12.8. The lowest BCUT2D eigenvalue weighted by Gasteiger charge is -2.26. The van der Waals surface area contributed by atoms with Gasteiger partial charge in [0.05, 0.1) is 22.9 Å². The molecule has 0 aliphatic carbocycles. The number of carbonyl (C=O) groups is 2. The van der Waals surface area contributed by atoms with Crippen molar-refractivity contribution in [2.45, 2.75) is 51.9 Å². The number of piperidine rings is 1. The number of nitrogens with zero attached hydrogens (tertiary/aromatic N) is 2. The number of allylic oxidation sites excluding steroid dienone is 3. The fourth-order valence-electron chi connectivity index (χ4n) is 3.94. The number of esters is 1. The van der Waals surface area contributed by atoms with Crippen molar-refractivity contribution < 1.29 is 24.3 Å². The molecule has 2 aliphatic heterocycles. The van der Waals surface area contributed by atoms with Crippen LogP contribution in [0, 0.1) is 6.92 Å². The van der Waals surface area contributed by atoms with E-state index in [1.165, 1.54) is 6.07 Å². The van der Waals surface area contributed by atoms with Gasteiger partial charge in [0.1, 0.15) is 5.75 Å². The lowest BCUT2D eigenvalue weighted by Crippen LogP contribution is -2.37. The molecular weight excluding hydrogens is 444 g/mol. The van der Waals surface area contributed by atoms with Crippen LogP contribution in [-0.2, 0) is 20.8 Å². The Morgan fingerprint density at radius 3 is 2.70 bits per heavy atom. The Morgan fingerprint density at radius 1 is 1.18 bits per heavy atom. The van der Waals surface area contributed by atoms with Gasteiger partial charge in [-0.2, -0.15) is 0 Å². The number of halogens is 1. The summed E-state index contributed by atoms with van der Waals surface area (Å²) >= 11 is 6.40. The van der Waals surface area contributed by atoms with E-state index in [1.807, 2.05) is 18.2 Å². The first-order chi connectivity index (χ1) is 16.0. The summed E-state index contributed by atoms with van der Waals surface area (Å²) in [5.41, 5.74) is 1.78. The predicted octanol–water partition coefficient (Wildman–Crippen LogP) is 4.73. The average molecular weight is 475 g/mol. The summed E-state index contributed by atoms with van der Waals surface area (Å²) in [5, 5.41) is 14.5. The number of cyclic esters (lactones) is 1. The van der Waals surface area contributed by atoms with E-state index in [9.17, 15) is 14.7 Å². The monoisotopic (exact) mass is 474 g/mol. The molecule has 33 heavy (non-hydrogen) atoms. The van der Waals surface area contributed by atoms with Crippen LogP contribution in [0.3, 0.4) is 0 Å². The van der Waals surface area contributed by atoms with Gasteiger partial charge in [0.25, 0.3) is 5.91 Å². The quantitative estimate of drug-likeness (QED) is 0.388. The summed E-state index contributed by atoms with van der Waals surface area (Å²) in [4.78, 5) is 32.4. The van der Waals surface area contributed by atoms with E-state index < -0.39 is 5.97 Å². The first-order valence-electron chi connectivity index (χ1n) is 11.4. The van der Waals surface area contributed by atoms with Crippen LogP contribution in [-0.4, -0.2) is 53.9 Å².